The highest BCUT2D eigenvalue weighted by Crippen LogP contribution is 2.12. The number of amides is 8. The van der Waals surface area contributed by atoms with Gasteiger partial charge in [-0.05, 0) is 57.8 Å². The van der Waals surface area contributed by atoms with Crippen LogP contribution in [0.2, 0.25) is 0 Å². The number of hydrogen-bond donors (Lipinski definition) is 13. The normalized spacial score (nSPS) is 12.3. The van der Waals surface area contributed by atoms with Gasteiger partial charge in [-0.3, -0.25) is 77.0 Å². The minimum atomic E-state index is -1.43. The molecular formula is C56H101N11O22. The van der Waals surface area contributed by atoms with Crippen molar-refractivity contribution in [3.8, 4) is 0 Å². The molecule has 33 heteroatoms. The lowest BCUT2D eigenvalue weighted by atomic mass is 10.0. The standard InChI is InChI=1S/C54H95N11O22.C2H6/c1-38(51(55)79)10-3-6-18-58-45(69)36-86-30-29-85-27-21-60-46(70)37-87-31-28-84-26-20-59-42(66)13-9-14-44(68)62-40(53(81)61-19-7-4-11-39(2)52(56)80)12-5-8-17-57-43(67)16-15-41(54(82)83)65(24-22-63(32-47(71)72)33-48(73)74)25-23-64(34-49(75)76)35-50(77)78;1-2/h38-41H,3-37H2,1-2H3,(H2,55,79)(H2,56,80)(H,57,67)(H,58,69)(H,59,66)(H,60,70)(H,61,81)(H,62,68)(H,71,72)(H,73,74)(H,75,76)(H,77,78)(H,82,83);1-2H3/t38-,39+,40-,41-;/m0./s1. The fourth-order valence-electron chi connectivity index (χ4n) is 8.10. The number of hydrogen-bond acceptors (Lipinski definition) is 20. The molecule has 0 aliphatic carbocycles. The number of aliphatic carboxylic acids is 5. The van der Waals surface area contributed by atoms with Gasteiger partial charge in [0.2, 0.25) is 47.3 Å². The van der Waals surface area contributed by atoms with Gasteiger partial charge in [0.05, 0.1) is 65.8 Å². The molecule has 512 valence electrons. The third-order valence-electron chi connectivity index (χ3n) is 13.0. The highest BCUT2D eigenvalue weighted by Gasteiger charge is 2.29. The van der Waals surface area contributed by atoms with Gasteiger partial charge in [0, 0.05) is 90.0 Å². The zero-order chi connectivity index (χ0) is 67.4. The Morgan fingerprint density at radius 2 is 0.775 bits per heavy atom. The van der Waals surface area contributed by atoms with E-state index in [0.717, 1.165) is 22.6 Å². The predicted octanol–water partition coefficient (Wildman–Crippen LogP) is -2.45. The number of unbranched alkanes of at least 4 members (excludes halogenated alkanes) is 3. The van der Waals surface area contributed by atoms with Crippen molar-refractivity contribution in [2.75, 3.05) is 138 Å². The smallest absolute Gasteiger partial charge is 0.320 e. The van der Waals surface area contributed by atoms with E-state index < -0.39 is 91.7 Å². The number of nitrogens with zero attached hydrogens (tertiary/aromatic N) is 3. The molecule has 0 aliphatic rings. The molecular weight excluding hydrogens is 1180 g/mol. The van der Waals surface area contributed by atoms with Crippen LogP contribution in [-0.2, 0) is 81.3 Å². The Kier molecular flexibility index (Phi) is 50.7. The van der Waals surface area contributed by atoms with Crippen LogP contribution in [0.1, 0.15) is 118 Å². The SMILES string of the molecule is CC.C[C@H](CCCCNC(=O)[C@H](CCCCNC(=O)CC[C@@H](C(=O)O)N(CCN(CC(=O)O)CC(=O)O)CCN(CC(=O)O)CC(=O)O)NC(=O)CCCC(=O)NCCOCCOCC(=O)NCCOCCOCC(=O)NCCCC[C@H](C)C(N)=O)C(N)=O. The average Bonchev–Trinajstić information content (AvgIpc) is 3.48. The Hall–Kier alpha value is -7.17. The number of primary amides is 2. The maximum Gasteiger partial charge on any atom is 0.320 e. The Morgan fingerprint density at radius 3 is 1.20 bits per heavy atom. The Bertz CT molecular complexity index is 2060. The lowest BCUT2D eigenvalue weighted by Crippen LogP contribution is -2.50. The first kappa shape index (κ1) is 83.9. The molecule has 0 unspecified atom stereocenters. The molecule has 33 nitrogen and oxygen atoms in total. The van der Waals surface area contributed by atoms with Gasteiger partial charge in [0.1, 0.15) is 25.3 Å². The van der Waals surface area contributed by atoms with E-state index in [1.54, 1.807) is 13.8 Å². The van der Waals surface area contributed by atoms with Crippen LogP contribution in [0.25, 0.3) is 0 Å². The topological polar surface area (TPSA) is 494 Å². The zero-order valence-electron chi connectivity index (χ0n) is 52.2. The maximum absolute atomic E-state index is 13.3. The van der Waals surface area contributed by atoms with Crippen LogP contribution < -0.4 is 43.4 Å². The quantitative estimate of drug-likeness (QED) is 0.0281. The molecule has 0 heterocycles. The molecule has 0 saturated carbocycles. The molecule has 0 aliphatic heterocycles. The summed E-state index contributed by atoms with van der Waals surface area (Å²) in [5, 5.41) is 63.5. The van der Waals surface area contributed by atoms with E-state index in [2.05, 4.69) is 31.9 Å². The van der Waals surface area contributed by atoms with Gasteiger partial charge >= 0.3 is 29.8 Å². The summed E-state index contributed by atoms with van der Waals surface area (Å²) in [6.45, 7) is 5.51. The van der Waals surface area contributed by atoms with Crippen molar-refractivity contribution < 1.29 is 107 Å². The van der Waals surface area contributed by atoms with Crippen LogP contribution in [0, 0.1) is 11.8 Å². The predicted molar refractivity (Wildman–Crippen MR) is 319 cm³/mol. The number of carboxylic acid groups (broad SMARTS) is 5. The molecule has 0 aromatic carbocycles. The van der Waals surface area contributed by atoms with Crippen molar-refractivity contribution in [2.45, 2.75) is 130 Å². The van der Waals surface area contributed by atoms with E-state index in [-0.39, 0.29) is 179 Å². The van der Waals surface area contributed by atoms with Crippen LogP contribution in [0.15, 0.2) is 0 Å². The second-order valence-electron chi connectivity index (χ2n) is 20.5. The highest BCUT2D eigenvalue weighted by molar-refractivity contribution is 5.88. The largest absolute Gasteiger partial charge is 0.480 e. The zero-order valence-corrected chi connectivity index (χ0v) is 52.2. The second kappa shape index (κ2) is 53.8. The molecule has 0 fully saturated rings. The molecule has 0 aromatic heterocycles. The van der Waals surface area contributed by atoms with Gasteiger partial charge in [-0.2, -0.15) is 0 Å². The molecule has 0 rings (SSSR count). The van der Waals surface area contributed by atoms with Crippen molar-refractivity contribution in [3.05, 3.63) is 0 Å². The number of carbonyl (C=O) groups is 13. The molecule has 0 spiro atoms. The Balaban J connectivity index is 0. The minimum Gasteiger partial charge on any atom is -0.480 e. The molecule has 89 heavy (non-hydrogen) atoms. The monoisotopic (exact) mass is 1280 g/mol. The molecule has 0 radical (unpaired) electrons. The van der Waals surface area contributed by atoms with Crippen LogP contribution in [0.4, 0.5) is 0 Å². The Labute approximate surface area is 520 Å². The lowest BCUT2D eigenvalue weighted by Gasteiger charge is -2.32. The number of ether oxygens (including phenoxy) is 4. The van der Waals surface area contributed by atoms with Gasteiger partial charge in [0.25, 0.3) is 0 Å². The number of carbonyl (C=O) groups excluding carboxylic acids is 8. The van der Waals surface area contributed by atoms with Gasteiger partial charge in [0.15, 0.2) is 0 Å². The van der Waals surface area contributed by atoms with Crippen molar-refractivity contribution >= 4 is 77.1 Å². The van der Waals surface area contributed by atoms with Crippen LogP contribution in [-0.4, -0.2) is 267 Å². The summed E-state index contributed by atoms with van der Waals surface area (Å²) in [5.41, 5.74) is 10.6. The first-order chi connectivity index (χ1) is 42.3. The average molecular weight is 1280 g/mol. The Morgan fingerprint density at radius 1 is 0.404 bits per heavy atom. The summed E-state index contributed by atoms with van der Waals surface area (Å²) >= 11 is 0. The van der Waals surface area contributed by atoms with E-state index in [4.69, 9.17) is 30.4 Å². The van der Waals surface area contributed by atoms with E-state index in [1.165, 1.54) is 4.90 Å². The second-order valence-corrected chi connectivity index (χ2v) is 20.5. The fraction of sp³-hybridized carbons (Fsp3) is 0.768. The van der Waals surface area contributed by atoms with Gasteiger partial charge in [-0.1, -0.05) is 40.5 Å². The van der Waals surface area contributed by atoms with Crippen molar-refractivity contribution in [1.29, 1.82) is 0 Å². The van der Waals surface area contributed by atoms with Gasteiger partial charge < -0.3 is 87.8 Å². The highest BCUT2D eigenvalue weighted by atomic mass is 16.5. The summed E-state index contributed by atoms with van der Waals surface area (Å²) in [7, 11) is 0. The summed E-state index contributed by atoms with van der Waals surface area (Å²) in [5.74, 6) is -10.7. The number of rotatable bonds is 58. The van der Waals surface area contributed by atoms with Crippen LogP contribution in [0.5, 0.6) is 0 Å². The van der Waals surface area contributed by atoms with E-state index in [9.17, 15) is 87.9 Å². The molecule has 0 aromatic rings. The summed E-state index contributed by atoms with van der Waals surface area (Å²) < 4.78 is 21.4. The minimum absolute atomic E-state index is 0.00582. The number of nitrogens with two attached hydrogens (primary N) is 2. The molecule has 0 saturated heterocycles. The van der Waals surface area contributed by atoms with E-state index in [0.29, 0.717) is 45.1 Å². The molecule has 15 N–H and O–H groups in total. The molecule has 0 bridgehead atoms. The van der Waals surface area contributed by atoms with Crippen molar-refractivity contribution in [1.82, 2.24) is 46.6 Å². The fourth-order valence-corrected chi connectivity index (χ4v) is 8.10. The third-order valence-corrected chi connectivity index (χ3v) is 13.0. The summed E-state index contributed by atoms with van der Waals surface area (Å²) in [6, 6.07) is -2.42. The summed E-state index contributed by atoms with van der Waals surface area (Å²) in [4.78, 5) is 160. The van der Waals surface area contributed by atoms with E-state index in [1.807, 2.05) is 13.8 Å². The summed E-state index contributed by atoms with van der Waals surface area (Å²) in [6.07, 6.45) is 3.99. The molecule has 8 amide bonds. The van der Waals surface area contributed by atoms with Gasteiger partial charge in [-0.25, -0.2) is 0 Å². The van der Waals surface area contributed by atoms with Crippen LogP contribution >= 0.6 is 0 Å². The first-order valence-electron chi connectivity index (χ1n) is 30.1. The number of nitrogens with one attached hydrogen (secondary N) is 6. The van der Waals surface area contributed by atoms with Gasteiger partial charge in [-0.15, -0.1) is 0 Å². The lowest BCUT2D eigenvalue weighted by molar-refractivity contribution is -0.146. The number of carboxylic acids is 5. The third kappa shape index (κ3) is 50.4. The van der Waals surface area contributed by atoms with E-state index >= 15 is 0 Å². The van der Waals surface area contributed by atoms with Crippen molar-refractivity contribution in [2.24, 2.45) is 23.3 Å². The van der Waals surface area contributed by atoms with Crippen LogP contribution in [0.3, 0.4) is 0 Å². The molecule has 4 atom stereocenters. The maximum atomic E-state index is 13.3. The first-order valence-corrected chi connectivity index (χ1v) is 30.1. The van der Waals surface area contributed by atoms with Crippen molar-refractivity contribution in [3.63, 3.8) is 0 Å².